The van der Waals surface area contributed by atoms with Gasteiger partial charge in [0.05, 0.1) is 9.99 Å². The number of nitriles is 1. The highest BCUT2D eigenvalue weighted by Crippen LogP contribution is 1.91. The van der Waals surface area contributed by atoms with Gasteiger partial charge in [-0.3, -0.25) is 0 Å². The van der Waals surface area contributed by atoms with Crippen LogP contribution in [0, 0.1) is 11.3 Å². The van der Waals surface area contributed by atoms with Crippen LogP contribution in [-0.4, -0.2) is 3.92 Å². The molecule has 1 atom stereocenters. The first-order valence-electron chi connectivity index (χ1n) is 1.31. The monoisotopic (exact) mass is 181 g/mol. The molecule has 0 amide bonds. The first-order chi connectivity index (χ1) is 2.27. The Morgan fingerprint density at radius 2 is 2.20 bits per heavy atom. The van der Waals surface area contributed by atoms with Crippen molar-refractivity contribution >= 4 is 22.6 Å². The van der Waals surface area contributed by atoms with E-state index in [9.17, 15) is 0 Å². The number of rotatable bonds is 0. The topological polar surface area (TPSA) is 23.8 Å². The van der Waals surface area contributed by atoms with E-state index in [0.717, 1.165) is 0 Å². The number of alkyl halides is 1. The molecule has 0 aromatic rings. The van der Waals surface area contributed by atoms with Crippen molar-refractivity contribution < 1.29 is 0 Å². The third-order valence-electron chi connectivity index (χ3n) is 0.178. The largest absolute Gasteiger partial charge is 0.197 e. The van der Waals surface area contributed by atoms with Crippen molar-refractivity contribution in [1.29, 1.82) is 5.26 Å². The highest BCUT2D eigenvalue weighted by molar-refractivity contribution is 14.1. The minimum absolute atomic E-state index is 0.160. The standard InChI is InChI=1S/C3H4IN/c1-3(4)2-5/h3H,1H3. The summed E-state index contributed by atoms with van der Waals surface area (Å²) < 4.78 is 0.160. The average molecular weight is 181 g/mol. The molecule has 0 aliphatic rings. The summed E-state index contributed by atoms with van der Waals surface area (Å²) in [5, 5.41) is 7.89. The minimum Gasteiger partial charge on any atom is -0.197 e. The smallest absolute Gasteiger partial charge is 0.0950 e. The molecule has 2 heteroatoms. The maximum absolute atomic E-state index is 7.89. The Labute approximate surface area is 45.1 Å². The Balaban J connectivity index is 2.94. The maximum atomic E-state index is 7.89. The fourth-order valence-electron chi connectivity index (χ4n) is 0. The minimum atomic E-state index is 0.160. The van der Waals surface area contributed by atoms with Crippen LogP contribution in [0.1, 0.15) is 6.92 Å². The first-order valence-corrected chi connectivity index (χ1v) is 2.55. The molecule has 0 aromatic heterocycles. The molecule has 0 rings (SSSR count). The fourth-order valence-corrected chi connectivity index (χ4v) is 0. The van der Waals surface area contributed by atoms with Crippen molar-refractivity contribution in [2.45, 2.75) is 10.8 Å². The Hall–Kier alpha value is 0.220. The van der Waals surface area contributed by atoms with Crippen LogP contribution in [0.5, 0.6) is 0 Å². The molecule has 0 spiro atoms. The van der Waals surface area contributed by atoms with Gasteiger partial charge < -0.3 is 0 Å². The van der Waals surface area contributed by atoms with Crippen LogP contribution in [0.4, 0.5) is 0 Å². The van der Waals surface area contributed by atoms with Gasteiger partial charge in [-0.15, -0.1) is 0 Å². The van der Waals surface area contributed by atoms with Gasteiger partial charge in [0, 0.05) is 0 Å². The lowest BCUT2D eigenvalue weighted by Gasteiger charge is -1.73. The van der Waals surface area contributed by atoms with Gasteiger partial charge in [0.15, 0.2) is 0 Å². The van der Waals surface area contributed by atoms with E-state index in [0.29, 0.717) is 0 Å². The van der Waals surface area contributed by atoms with E-state index in [4.69, 9.17) is 5.26 Å². The molecule has 0 fully saturated rings. The fraction of sp³-hybridized carbons (Fsp3) is 0.667. The summed E-state index contributed by atoms with van der Waals surface area (Å²) >= 11 is 2.05. The zero-order valence-electron chi connectivity index (χ0n) is 2.90. The number of hydrogen-bond donors (Lipinski definition) is 0. The van der Waals surface area contributed by atoms with Crippen molar-refractivity contribution in [2.75, 3.05) is 0 Å². The Morgan fingerprint density at radius 3 is 2.20 bits per heavy atom. The van der Waals surface area contributed by atoms with Crippen LogP contribution in [0.25, 0.3) is 0 Å². The lowest BCUT2D eigenvalue weighted by atomic mass is 10.6. The molecule has 0 heterocycles. The van der Waals surface area contributed by atoms with Gasteiger partial charge in [-0.05, 0) is 6.92 Å². The molecular weight excluding hydrogens is 177 g/mol. The molecule has 0 saturated heterocycles. The Kier molecular flexibility index (Phi) is 2.57. The molecule has 0 saturated carbocycles. The normalized spacial score (nSPS) is 13.0. The lowest BCUT2D eigenvalue weighted by molar-refractivity contribution is 1.29. The van der Waals surface area contributed by atoms with Crippen LogP contribution in [-0.2, 0) is 0 Å². The summed E-state index contributed by atoms with van der Waals surface area (Å²) in [6.45, 7) is 1.85. The molecule has 5 heavy (non-hydrogen) atoms. The predicted octanol–water partition coefficient (Wildman–Crippen LogP) is 1.33. The number of nitrogens with zero attached hydrogens (tertiary/aromatic N) is 1. The third kappa shape index (κ3) is 4.22. The summed E-state index contributed by atoms with van der Waals surface area (Å²) in [7, 11) is 0. The molecule has 0 aliphatic carbocycles. The van der Waals surface area contributed by atoms with Crippen molar-refractivity contribution in [3.05, 3.63) is 0 Å². The summed E-state index contributed by atoms with van der Waals surface area (Å²) in [5.74, 6) is 0. The van der Waals surface area contributed by atoms with E-state index in [-0.39, 0.29) is 3.92 Å². The van der Waals surface area contributed by atoms with E-state index in [1.807, 2.05) is 35.6 Å². The quantitative estimate of drug-likeness (QED) is 0.408. The second-order valence-electron chi connectivity index (χ2n) is 0.745. The van der Waals surface area contributed by atoms with E-state index in [2.05, 4.69) is 0 Å². The van der Waals surface area contributed by atoms with Gasteiger partial charge in [-0.2, -0.15) is 5.26 Å². The third-order valence-corrected chi connectivity index (χ3v) is 0.456. The molecule has 0 aliphatic heterocycles. The lowest BCUT2D eigenvalue weighted by Crippen LogP contribution is -1.75. The second kappa shape index (κ2) is 2.46. The van der Waals surface area contributed by atoms with Gasteiger partial charge in [0.1, 0.15) is 0 Å². The summed E-state index contributed by atoms with van der Waals surface area (Å²) in [6.07, 6.45) is 0. The van der Waals surface area contributed by atoms with Crippen molar-refractivity contribution in [3.63, 3.8) is 0 Å². The zero-order chi connectivity index (χ0) is 4.28. The molecule has 0 radical (unpaired) electrons. The molecule has 1 nitrogen and oxygen atoms in total. The van der Waals surface area contributed by atoms with Gasteiger partial charge in [0.25, 0.3) is 0 Å². The van der Waals surface area contributed by atoms with Crippen LogP contribution in [0.2, 0.25) is 0 Å². The van der Waals surface area contributed by atoms with E-state index < -0.39 is 0 Å². The van der Waals surface area contributed by atoms with Crippen LogP contribution >= 0.6 is 22.6 Å². The molecular formula is C3H4IN. The molecule has 1 unspecified atom stereocenters. The summed E-state index contributed by atoms with van der Waals surface area (Å²) in [4.78, 5) is 0. The molecule has 28 valence electrons. The van der Waals surface area contributed by atoms with Gasteiger partial charge in [-0.25, -0.2) is 0 Å². The van der Waals surface area contributed by atoms with Crippen LogP contribution in [0.3, 0.4) is 0 Å². The maximum Gasteiger partial charge on any atom is 0.0950 e. The van der Waals surface area contributed by atoms with Gasteiger partial charge in [0.2, 0.25) is 0 Å². The Morgan fingerprint density at radius 1 is 2.00 bits per heavy atom. The molecule has 0 N–H and O–H groups in total. The number of halogens is 1. The summed E-state index contributed by atoms with van der Waals surface area (Å²) in [5.41, 5.74) is 0. The van der Waals surface area contributed by atoms with Crippen molar-refractivity contribution in [2.24, 2.45) is 0 Å². The van der Waals surface area contributed by atoms with E-state index in [1.54, 1.807) is 0 Å². The molecule has 0 bridgehead atoms. The predicted molar refractivity (Wildman–Crippen MR) is 29.1 cm³/mol. The SMILES string of the molecule is CC(I)C#N. The van der Waals surface area contributed by atoms with Crippen LogP contribution < -0.4 is 0 Å². The highest BCUT2D eigenvalue weighted by Gasteiger charge is 1.81. The molecule has 0 aromatic carbocycles. The van der Waals surface area contributed by atoms with Crippen molar-refractivity contribution in [1.82, 2.24) is 0 Å². The van der Waals surface area contributed by atoms with E-state index >= 15 is 0 Å². The second-order valence-corrected chi connectivity index (χ2v) is 2.61. The van der Waals surface area contributed by atoms with Crippen LogP contribution in [0.15, 0.2) is 0 Å². The van der Waals surface area contributed by atoms with Gasteiger partial charge in [-0.1, -0.05) is 22.6 Å². The highest BCUT2D eigenvalue weighted by atomic mass is 127. The van der Waals surface area contributed by atoms with E-state index in [1.165, 1.54) is 0 Å². The summed E-state index contributed by atoms with van der Waals surface area (Å²) in [6, 6.07) is 2.01. The average Bonchev–Trinajstić information content (AvgIpc) is 1.38. The Bertz CT molecular complexity index is 52.4. The first kappa shape index (κ1) is 5.22. The number of hydrogen-bond acceptors (Lipinski definition) is 1. The van der Waals surface area contributed by atoms with Crippen molar-refractivity contribution in [3.8, 4) is 6.07 Å². The van der Waals surface area contributed by atoms with Gasteiger partial charge >= 0.3 is 0 Å². The zero-order valence-corrected chi connectivity index (χ0v) is 5.06.